The second-order valence-electron chi connectivity index (χ2n) is 19.5. The molecule has 0 N–H and O–H groups in total. The first-order chi connectivity index (χ1) is 34.5. The highest BCUT2D eigenvalue weighted by Crippen LogP contribution is 2.57. The Morgan fingerprint density at radius 2 is 0.914 bits per heavy atom. The Kier molecular flexibility index (Phi) is 8.88. The van der Waals surface area contributed by atoms with Gasteiger partial charge in [0, 0.05) is 27.6 Å². The van der Waals surface area contributed by atoms with Crippen LogP contribution in [0.15, 0.2) is 253 Å². The first-order valence-corrected chi connectivity index (χ1v) is 24.4. The molecule has 12 aromatic rings. The summed E-state index contributed by atoms with van der Waals surface area (Å²) in [7, 11) is 0. The average molecular weight is 894 g/mol. The Labute approximate surface area is 408 Å². The second-order valence-corrected chi connectivity index (χ2v) is 19.5. The molecule has 0 atom stereocenters. The van der Waals surface area contributed by atoms with Crippen LogP contribution in [0.1, 0.15) is 47.2 Å². The predicted octanol–water partition coefficient (Wildman–Crippen LogP) is 18.2. The standard InChI is InChI=1S/C68H47NO/c1-67(2)59-29-16-14-26-52(59)54-39-38-50(42-62(54)67)69(49-23-10-5-11-24-49)63-31-18-32-64-65(63)58-43-56(51-25-12-13-28-55(51)66(58)70-64)45-35-33-44(34-36-45)46-37-40-61-57(41-46)53-27-15-17-30-60(53)68(61,47-19-6-3-7-20-47)48-21-8-4-9-22-48/h3-43H,1-2H3. The number of nitrogens with zero attached hydrogens (tertiary/aromatic N) is 1. The molecule has 70 heavy (non-hydrogen) atoms. The summed E-state index contributed by atoms with van der Waals surface area (Å²) in [6, 6.07) is 91.5. The summed E-state index contributed by atoms with van der Waals surface area (Å²) in [6.45, 7) is 4.70. The molecule has 11 aromatic carbocycles. The summed E-state index contributed by atoms with van der Waals surface area (Å²) >= 11 is 0. The van der Waals surface area contributed by atoms with Crippen LogP contribution in [0, 0.1) is 0 Å². The van der Waals surface area contributed by atoms with Crippen molar-refractivity contribution in [2.24, 2.45) is 0 Å². The van der Waals surface area contributed by atoms with Gasteiger partial charge in [-0.25, -0.2) is 0 Å². The lowest BCUT2D eigenvalue weighted by molar-refractivity contribution is 0.660. The molecule has 0 fully saturated rings. The highest BCUT2D eigenvalue weighted by Gasteiger charge is 2.46. The van der Waals surface area contributed by atoms with Crippen LogP contribution in [0.4, 0.5) is 17.1 Å². The summed E-state index contributed by atoms with van der Waals surface area (Å²) in [5, 5.41) is 4.45. The van der Waals surface area contributed by atoms with Crippen molar-refractivity contribution in [3.8, 4) is 44.5 Å². The third-order valence-electron chi connectivity index (χ3n) is 15.5. The van der Waals surface area contributed by atoms with E-state index in [-0.39, 0.29) is 5.41 Å². The molecule has 0 amide bonds. The Morgan fingerprint density at radius 3 is 1.64 bits per heavy atom. The zero-order valence-corrected chi connectivity index (χ0v) is 39.0. The predicted molar refractivity (Wildman–Crippen MR) is 292 cm³/mol. The monoisotopic (exact) mass is 893 g/mol. The van der Waals surface area contributed by atoms with E-state index in [1.165, 1.54) is 72.3 Å². The van der Waals surface area contributed by atoms with Gasteiger partial charge < -0.3 is 9.32 Å². The number of hydrogen-bond donors (Lipinski definition) is 0. The molecule has 0 saturated carbocycles. The van der Waals surface area contributed by atoms with Gasteiger partial charge in [-0.2, -0.15) is 0 Å². The fourth-order valence-electron chi connectivity index (χ4n) is 12.4. The summed E-state index contributed by atoms with van der Waals surface area (Å²) in [5.74, 6) is 0. The van der Waals surface area contributed by atoms with Gasteiger partial charge in [-0.05, 0) is 132 Å². The van der Waals surface area contributed by atoms with Crippen molar-refractivity contribution in [1.29, 1.82) is 0 Å². The van der Waals surface area contributed by atoms with Crippen molar-refractivity contribution < 1.29 is 4.42 Å². The van der Waals surface area contributed by atoms with E-state index in [4.69, 9.17) is 4.42 Å². The van der Waals surface area contributed by atoms with E-state index in [0.29, 0.717) is 0 Å². The lowest BCUT2D eigenvalue weighted by atomic mass is 9.67. The molecule has 2 aliphatic rings. The highest BCUT2D eigenvalue weighted by molar-refractivity contribution is 6.22. The maximum atomic E-state index is 6.95. The minimum atomic E-state index is -0.420. The summed E-state index contributed by atoms with van der Waals surface area (Å²) < 4.78 is 6.95. The molecule has 0 aliphatic heterocycles. The average Bonchev–Trinajstić information content (AvgIpc) is 4.03. The molecular weight excluding hydrogens is 847 g/mol. The fourth-order valence-corrected chi connectivity index (χ4v) is 12.4. The molecule has 0 unspecified atom stereocenters. The van der Waals surface area contributed by atoms with Crippen molar-refractivity contribution in [2.75, 3.05) is 4.90 Å². The van der Waals surface area contributed by atoms with Crippen LogP contribution in [-0.2, 0) is 10.8 Å². The van der Waals surface area contributed by atoms with Gasteiger partial charge in [-0.15, -0.1) is 0 Å². The van der Waals surface area contributed by atoms with Gasteiger partial charge in [0.05, 0.1) is 16.5 Å². The Bertz CT molecular complexity index is 3970. The normalized spacial score (nSPS) is 13.8. The second kappa shape index (κ2) is 15.4. The lowest BCUT2D eigenvalue weighted by Gasteiger charge is -2.33. The van der Waals surface area contributed by atoms with Gasteiger partial charge in [0.2, 0.25) is 0 Å². The van der Waals surface area contributed by atoms with Crippen molar-refractivity contribution >= 4 is 49.8 Å². The number of para-hydroxylation sites is 1. The number of furan rings is 1. The van der Waals surface area contributed by atoms with Gasteiger partial charge in [0.1, 0.15) is 11.2 Å². The van der Waals surface area contributed by atoms with Gasteiger partial charge >= 0.3 is 0 Å². The number of anilines is 3. The van der Waals surface area contributed by atoms with Crippen LogP contribution >= 0.6 is 0 Å². The van der Waals surface area contributed by atoms with Gasteiger partial charge in [0.25, 0.3) is 0 Å². The van der Waals surface area contributed by atoms with E-state index in [9.17, 15) is 0 Å². The first kappa shape index (κ1) is 40.4. The molecule has 0 radical (unpaired) electrons. The van der Waals surface area contributed by atoms with Gasteiger partial charge in [-0.1, -0.05) is 214 Å². The van der Waals surface area contributed by atoms with Crippen molar-refractivity contribution in [3.63, 3.8) is 0 Å². The van der Waals surface area contributed by atoms with Crippen LogP contribution in [0.5, 0.6) is 0 Å². The minimum Gasteiger partial charge on any atom is -0.455 e. The van der Waals surface area contributed by atoms with E-state index < -0.39 is 5.41 Å². The fraction of sp³-hybridized carbons (Fsp3) is 0.0588. The molecule has 14 rings (SSSR count). The Morgan fingerprint density at radius 1 is 0.343 bits per heavy atom. The number of fused-ring (bicyclic) bond motifs is 11. The minimum absolute atomic E-state index is 0.134. The highest BCUT2D eigenvalue weighted by atomic mass is 16.3. The quantitative estimate of drug-likeness (QED) is 0.158. The molecule has 1 aromatic heterocycles. The van der Waals surface area contributed by atoms with E-state index >= 15 is 0 Å². The van der Waals surface area contributed by atoms with Crippen LogP contribution in [0.25, 0.3) is 77.2 Å². The molecule has 2 aliphatic carbocycles. The molecular formula is C68H47NO. The summed E-state index contributed by atoms with van der Waals surface area (Å²) in [4.78, 5) is 2.42. The molecule has 0 saturated heterocycles. The number of rotatable bonds is 7. The first-order valence-electron chi connectivity index (χ1n) is 24.4. The molecule has 330 valence electrons. The number of benzene rings is 11. The SMILES string of the molecule is CC1(C)c2ccccc2-c2ccc(N(c3ccccc3)c3cccc4oc5c6ccccc6c(-c6ccc(-c7ccc8c(c7)-c7ccccc7C8(c7ccccc7)c7ccccc7)cc6)cc5c34)cc21. The third kappa shape index (κ3) is 5.80. The topological polar surface area (TPSA) is 16.4 Å². The van der Waals surface area contributed by atoms with Gasteiger partial charge in [0.15, 0.2) is 0 Å². The van der Waals surface area contributed by atoms with Gasteiger partial charge in [-0.3, -0.25) is 0 Å². The molecule has 2 nitrogen and oxygen atoms in total. The summed E-state index contributed by atoms with van der Waals surface area (Å²) in [5.41, 5.74) is 22.3. The maximum absolute atomic E-state index is 6.95. The maximum Gasteiger partial charge on any atom is 0.143 e. The van der Waals surface area contributed by atoms with Crippen molar-refractivity contribution in [1.82, 2.24) is 0 Å². The molecule has 1 heterocycles. The lowest BCUT2D eigenvalue weighted by Crippen LogP contribution is -2.28. The summed E-state index contributed by atoms with van der Waals surface area (Å²) in [6.07, 6.45) is 0. The van der Waals surface area contributed by atoms with E-state index in [1.807, 2.05) is 0 Å². The Balaban J connectivity index is 0.906. The zero-order valence-electron chi connectivity index (χ0n) is 39.0. The van der Waals surface area contributed by atoms with E-state index in [1.54, 1.807) is 0 Å². The van der Waals surface area contributed by atoms with Crippen LogP contribution in [-0.4, -0.2) is 0 Å². The molecule has 0 bridgehead atoms. The Hall–Kier alpha value is -8.72. The molecule has 0 spiro atoms. The largest absolute Gasteiger partial charge is 0.455 e. The third-order valence-corrected chi connectivity index (χ3v) is 15.5. The van der Waals surface area contributed by atoms with Crippen molar-refractivity contribution in [2.45, 2.75) is 24.7 Å². The van der Waals surface area contributed by atoms with Crippen LogP contribution in [0.3, 0.4) is 0 Å². The molecule has 2 heteroatoms. The zero-order chi connectivity index (χ0) is 46.6. The van der Waals surface area contributed by atoms with Crippen LogP contribution in [0.2, 0.25) is 0 Å². The van der Waals surface area contributed by atoms with Crippen molar-refractivity contribution in [3.05, 3.63) is 282 Å². The van der Waals surface area contributed by atoms with E-state index in [0.717, 1.165) is 55.3 Å². The number of hydrogen-bond acceptors (Lipinski definition) is 2. The van der Waals surface area contributed by atoms with E-state index in [2.05, 4.69) is 267 Å². The van der Waals surface area contributed by atoms with Crippen LogP contribution < -0.4 is 4.90 Å². The smallest absolute Gasteiger partial charge is 0.143 e.